The van der Waals surface area contributed by atoms with Gasteiger partial charge in [0.15, 0.2) is 0 Å². The lowest BCUT2D eigenvalue weighted by Crippen LogP contribution is -2.43. The lowest BCUT2D eigenvalue weighted by molar-refractivity contribution is 0.192. The van der Waals surface area contributed by atoms with Crippen LogP contribution in [0.2, 0.25) is 0 Å². The maximum Gasteiger partial charge on any atom is 0.0294 e. The summed E-state index contributed by atoms with van der Waals surface area (Å²) in [5, 5.41) is 3.77. The molecular formula is C16H26N2. The zero-order chi connectivity index (χ0) is 12.8. The highest BCUT2D eigenvalue weighted by atomic mass is 15.1. The van der Waals surface area contributed by atoms with Crippen molar-refractivity contribution < 1.29 is 0 Å². The lowest BCUT2D eigenvalue weighted by Gasteiger charge is -2.33. The zero-order valence-corrected chi connectivity index (χ0v) is 11.7. The number of hydrogen-bond acceptors (Lipinski definition) is 2. The van der Waals surface area contributed by atoms with E-state index >= 15 is 0 Å². The first-order chi connectivity index (χ1) is 8.79. The monoisotopic (exact) mass is 246 g/mol. The van der Waals surface area contributed by atoms with Crippen LogP contribution in [-0.2, 0) is 0 Å². The fourth-order valence-corrected chi connectivity index (χ4v) is 2.83. The highest BCUT2D eigenvalue weighted by molar-refractivity contribution is 5.18. The summed E-state index contributed by atoms with van der Waals surface area (Å²) in [7, 11) is 0. The average molecular weight is 246 g/mol. The fourth-order valence-electron chi connectivity index (χ4n) is 2.83. The van der Waals surface area contributed by atoms with E-state index in [2.05, 4.69) is 54.4 Å². The molecule has 0 unspecified atom stereocenters. The average Bonchev–Trinajstić information content (AvgIpc) is 2.42. The van der Waals surface area contributed by atoms with Gasteiger partial charge in [0, 0.05) is 12.1 Å². The van der Waals surface area contributed by atoms with Crippen molar-refractivity contribution in [3.05, 3.63) is 35.9 Å². The van der Waals surface area contributed by atoms with E-state index in [1.54, 1.807) is 0 Å². The molecule has 2 heteroatoms. The van der Waals surface area contributed by atoms with E-state index in [-0.39, 0.29) is 0 Å². The first-order valence-corrected chi connectivity index (χ1v) is 7.33. The van der Waals surface area contributed by atoms with Gasteiger partial charge in [0.1, 0.15) is 0 Å². The van der Waals surface area contributed by atoms with Crippen LogP contribution in [0, 0.1) is 0 Å². The molecule has 1 aliphatic rings. The Balaban J connectivity index is 1.78. The molecule has 1 fully saturated rings. The molecule has 1 N–H and O–H groups in total. The second-order valence-electron chi connectivity index (χ2n) is 5.41. The molecule has 2 rings (SSSR count). The molecule has 1 aromatic rings. The molecule has 0 amide bonds. The molecule has 100 valence electrons. The molecule has 1 heterocycles. The number of nitrogens with one attached hydrogen (secondary N) is 1. The van der Waals surface area contributed by atoms with Crippen molar-refractivity contribution in [3.63, 3.8) is 0 Å². The largest absolute Gasteiger partial charge is 0.307 e. The normalized spacial score (nSPS) is 19.9. The lowest BCUT2D eigenvalue weighted by atomic mass is 10.0. The zero-order valence-electron chi connectivity index (χ0n) is 11.7. The molecule has 0 radical (unpaired) electrons. The van der Waals surface area contributed by atoms with Crippen LogP contribution in [0.5, 0.6) is 0 Å². The van der Waals surface area contributed by atoms with Gasteiger partial charge in [-0.3, -0.25) is 0 Å². The first-order valence-electron chi connectivity index (χ1n) is 7.33. The highest BCUT2D eigenvalue weighted by Crippen LogP contribution is 2.17. The van der Waals surface area contributed by atoms with Crippen LogP contribution in [0.3, 0.4) is 0 Å². The summed E-state index contributed by atoms with van der Waals surface area (Å²) in [6.45, 7) is 8.32. The highest BCUT2D eigenvalue weighted by Gasteiger charge is 2.19. The summed E-state index contributed by atoms with van der Waals surface area (Å²) in [5.41, 5.74) is 1.40. The molecule has 1 aliphatic heterocycles. The van der Waals surface area contributed by atoms with Crippen LogP contribution in [0.25, 0.3) is 0 Å². The van der Waals surface area contributed by atoms with Crippen molar-refractivity contribution in [1.29, 1.82) is 0 Å². The van der Waals surface area contributed by atoms with Gasteiger partial charge in [0.25, 0.3) is 0 Å². The SMILES string of the molecule is CCCN1CCC(N[C@H](C)c2ccccc2)CC1. The fraction of sp³-hybridized carbons (Fsp3) is 0.625. The topological polar surface area (TPSA) is 15.3 Å². The van der Waals surface area contributed by atoms with Gasteiger partial charge in [-0.2, -0.15) is 0 Å². The van der Waals surface area contributed by atoms with E-state index in [9.17, 15) is 0 Å². The maximum atomic E-state index is 3.77. The van der Waals surface area contributed by atoms with Gasteiger partial charge in [-0.25, -0.2) is 0 Å². The first kappa shape index (κ1) is 13.6. The molecule has 1 atom stereocenters. The number of nitrogens with zero attached hydrogens (tertiary/aromatic N) is 1. The molecule has 1 saturated heterocycles. The minimum atomic E-state index is 0.467. The summed E-state index contributed by atoms with van der Waals surface area (Å²) in [6, 6.07) is 11.9. The Hall–Kier alpha value is -0.860. The van der Waals surface area contributed by atoms with Crippen molar-refractivity contribution in [1.82, 2.24) is 10.2 Å². The maximum absolute atomic E-state index is 3.77. The van der Waals surface area contributed by atoms with E-state index < -0.39 is 0 Å². The smallest absolute Gasteiger partial charge is 0.0294 e. The standard InChI is InChI=1S/C16H26N2/c1-3-11-18-12-9-16(10-13-18)17-14(2)15-7-5-4-6-8-15/h4-8,14,16-17H,3,9-13H2,1-2H3/t14-/m1/s1. The van der Waals surface area contributed by atoms with Crippen LogP contribution >= 0.6 is 0 Å². The van der Waals surface area contributed by atoms with Gasteiger partial charge in [0.05, 0.1) is 0 Å². The molecule has 0 aliphatic carbocycles. The second kappa shape index (κ2) is 6.91. The van der Waals surface area contributed by atoms with Crippen molar-refractivity contribution in [2.75, 3.05) is 19.6 Å². The summed E-state index contributed by atoms with van der Waals surface area (Å²) >= 11 is 0. The van der Waals surface area contributed by atoms with E-state index in [1.165, 1.54) is 44.5 Å². The van der Waals surface area contributed by atoms with Gasteiger partial charge in [-0.1, -0.05) is 37.3 Å². The predicted octanol–water partition coefficient (Wildman–Crippen LogP) is 3.21. The quantitative estimate of drug-likeness (QED) is 0.858. The Bertz CT molecular complexity index is 328. The summed E-state index contributed by atoms with van der Waals surface area (Å²) in [6.07, 6.45) is 3.85. The van der Waals surface area contributed by atoms with Crippen LogP contribution < -0.4 is 5.32 Å². The van der Waals surface area contributed by atoms with Crippen LogP contribution in [0.1, 0.15) is 44.7 Å². The van der Waals surface area contributed by atoms with E-state index in [0.717, 1.165) is 0 Å². The number of piperidine rings is 1. The number of benzene rings is 1. The third kappa shape index (κ3) is 3.82. The predicted molar refractivity (Wildman–Crippen MR) is 77.7 cm³/mol. The van der Waals surface area contributed by atoms with E-state index in [1.807, 2.05) is 0 Å². The molecular weight excluding hydrogens is 220 g/mol. The third-order valence-corrected chi connectivity index (χ3v) is 3.91. The number of rotatable bonds is 5. The Morgan fingerprint density at radius 1 is 1.22 bits per heavy atom. The molecule has 0 bridgehead atoms. The molecule has 0 saturated carbocycles. The summed E-state index contributed by atoms with van der Waals surface area (Å²) < 4.78 is 0. The van der Waals surface area contributed by atoms with Crippen LogP contribution in [0.15, 0.2) is 30.3 Å². The van der Waals surface area contributed by atoms with Gasteiger partial charge in [-0.05, 0) is 51.4 Å². The molecule has 2 nitrogen and oxygen atoms in total. The Morgan fingerprint density at radius 2 is 1.89 bits per heavy atom. The van der Waals surface area contributed by atoms with Gasteiger partial charge in [-0.15, -0.1) is 0 Å². The van der Waals surface area contributed by atoms with E-state index in [0.29, 0.717) is 12.1 Å². The van der Waals surface area contributed by atoms with Gasteiger partial charge < -0.3 is 10.2 Å². The minimum Gasteiger partial charge on any atom is -0.307 e. The second-order valence-corrected chi connectivity index (χ2v) is 5.41. The Labute approximate surface area is 111 Å². The van der Waals surface area contributed by atoms with E-state index in [4.69, 9.17) is 0 Å². The summed E-state index contributed by atoms with van der Waals surface area (Å²) in [5.74, 6) is 0. The molecule has 1 aromatic carbocycles. The van der Waals surface area contributed by atoms with Crippen molar-refractivity contribution in [2.45, 2.75) is 45.2 Å². The van der Waals surface area contributed by atoms with Gasteiger partial charge in [0.2, 0.25) is 0 Å². The van der Waals surface area contributed by atoms with Crippen molar-refractivity contribution in [3.8, 4) is 0 Å². The number of likely N-dealkylation sites (tertiary alicyclic amines) is 1. The third-order valence-electron chi connectivity index (χ3n) is 3.91. The van der Waals surface area contributed by atoms with Crippen molar-refractivity contribution in [2.24, 2.45) is 0 Å². The molecule has 0 aromatic heterocycles. The Kier molecular flexibility index (Phi) is 5.21. The molecule has 0 spiro atoms. The van der Waals surface area contributed by atoms with Crippen LogP contribution in [0.4, 0.5) is 0 Å². The summed E-state index contributed by atoms with van der Waals surface area (Å²) in [4.78, 5) is 2.59. The van der Waals surface area contributed by atoms with Gasteiger partial charge >= 0.3 is 0 Å². The molecule has 18 heavy (non-hydrogen) atoms. The number of hydrogen-bond donors (Lipinski definition) is 1. The van der Waals surface area contributed by atoms with Crippen LogP contribution in [-0.4, -0.2) is 30.6 Å². The Morgan fingerprint density at radius 3 is 2.50 bits per heavy atom. The van der Waals surface area contributed by atoms with Crippen molar-refractivity contribution >= 4 is 0 Å². The minimum absolute atomic E-state index is 0.467.